The Bertz CT molecular complexity index is 572. The highest BCUT2D eigenvalue weighted by Crippen LogP contribution is 2.18. The summed E-state index contributed by atoms with van der Waals surface area (Å²) in [6.45, 7) is 4.18. The summed E-state index contributed by atoms with van der Waals surface area (Å²) in [6.07, 6.45) is 1.12. The fourth-order valence-electron chi connectivity index (χ4n) is 1.91. The lowest BCUT2D eigenvalue weighted by atomic mass is 10.2. The van der Waals surface area contributed by atoms with Crippen LogP contribution in [0.2, 0.25) is 5.02 Å². The zero-order valence-electron chi connectivity index (χ0n) is 12.0. The first-order valence-electron chi connectivity index (χ1n) is 7.05. The van der Waals surface area contributed by atoms with Crippen LogP contribution < -0.4 is 10.1 Å². The van der Waals surface area contributed by atoms with Crippen molar-refractivity contribution in [2.24, 2.45) is 0 Å². The molecule has 21 heavy (non-hydrogen) atoms. The number of benzene rings is 2. The van der Waals surface area contributed by atoms with Crippen LogP contribution in [-0.4, -0.2) is 6.54 Å². The molecule has 0 atom stereocenters. The van der Waals surface area contributed by atoms with Gasteiger partial charge in [0.2, 0.25) is 0 Å². The Labute approximate surface area is 129 Å². The lowest BCUT2D eigenvalue weighted by Crippen LogP contribution is -2.13. The fraction of sp³-hybridized carbons (Fsp3) is 0.294. The molecule has 112 valence electrons. The van der Waals surface area contributed by atoms with Gasteiger partial charge in [-0.15, -0.1) is 0 Å². The van der Waals surface area contributed by atoms with E-state index in [4.69, 9.17) is 16.3 Å². The normalized spacial score (nSPS) is 10.6. The van der Waals surface area contributed by atoms with E-state index in [1.165, 1.54) is 11.6 Å². The van der Waals surface area contributed by atoms with Crippen molar-refractivity contribution in [2.45, 2.75) is 26.5 Å². The van der Waals surface area contributed by atoms with E-state index in [1.807, 2.05) is 24.3 Å². The molecule has 2 aromatic carbocycles. The Morgan fingerprint density at radius 2 is 1.90 bits per heavy atom. The molecular weight excluding hydrogens is 289 g/mol. The maximum absolute atomic E-state index is 13.6. The van der Waals surface area contributed by atoms with Crippen molar-refractivity contribution in [2.75, 3.05) is 6.54 Å². The summed E-state index contributed by atoms with van der Waals surface area (Å²) in [5.41, 5.74) is 1.70. The van der Waals surface area contributed by atoms with E-state index in [0.29, 0.717) is 10.6 Å². The summed E-state index contributed by atoms with van der Waals surface area (Å²) in [7, 11) is 0. The Morgan fingerprint density at radius 1 is 1.14 bits per heavy atom. The molecule has 0 saturated heterocycles. The van der Waals surface area contributed by atoms with E-state index < -0.39 is 0 Å². The third kappa shape index (κ3) is 5.03. The second-order valence-electron chi connectivity index (χ2n) is 4.85. The molecule has 0 fully saturated rings. The topological polar surface area (TPSA) is 21.3 Å². The lowest BCUT2D eigenvalue weighted by molar-refractivity contribution is 0.300. The molecular formula is C17H19ClFNO. The molecule has 2 nitrogen and oxygen atoms in total. The van der Waals surface area contributed by atoms with Crippen LogP contribution in [0.15, 0.2) is 42.5 Å². The van der Waals surface area contributed by atoms with Gasteiger partial charge in [0, 0.05) is 17.1 Å². The summed E-state index contributed by atoms with van der Waals surface area (Å²) < 4.78 is 19.2. The van der Waals surface area contributed by atoms with Gasteiger partial charge in [0.05, 0.1) is 0 Å². The van der Waals surface area contributed by atoms with E-state index in [2.05, 4.69) is 12.2 Å². The molecule has 0 amide bonds. The van der Waals surface area contributed by atoms with E-state index in [1.54, 1.807) is 12.1 Å². The van der Waals surface area contributed by atoms with Crippen LogP contribution in [-0.2, 0) is 13.2 Å². The van der Waals surface area contributed by atoms with E-state index in [9.17, 15) is 4.39 Å². The molecule has 0 aliphatic carbocycles. The fourth-order valence-corrected chi connectivity index (χ4v) is 2.07. The summed E-state index contributed by atoms with van der Waals surface area (Å²) in [4.78, 5) is 0. The largest absolute Gasteiger partial charge is 0.489 e. The minimum Gasteiger partial charge on any atom is -0.489 e. The van der Waals surface area contributed by atoms with Crippen molar-refractivity contribution in [1.82, 2.24) is 5.32 Å². The van der Waals surface area contributed by atoms with Crippen LogP contribution in [0.25, 0.3) is 0 Å². The van der Waals surface area contributed by atoms with Crippen LogP contribution >= 0.6 is 11.6 Å². The van der Waals surface area contributed by atoms with Crippen molar-refractivity contribution >= 4 is 11.6 Å². The quantitative estimate of drug-likeness (QED) is 0.757. The minimum atomic E-state index is -0.345. The van der Waals surface area contributed by atoms with Crippen molar-refractivity contribution in [3.8, 4) is 5.75 Å². The number of ether oxygens (including phenoxy) is 1. The number of halogens is 2. The molecule has 0 bridgehead atoms. The number of rotatable bonds is 7. The van der Waals surface area contributed by atoms with Crippen LogP contribution in [0.5, 0.6) is 5.75 Å². The smallest absolute Gasteiger partial charge is 0.131 e. The molecule has 2 aromatic rings. The second-order valence-corrected chi connectivity index (χ2v) is 5.28. The predicted octanol–water partition coefficient (Wildman–Crippen LogP) is 4.56. The molecule has 0 aliphatic rings. The number of hydrogen-bond donors (Lipinski definition) is 1. The Kier molecular flexibility index (Phi) is 6.03. The molecule has 0 heterocycles. The zero-order chi connectivity index (χ0) is 15.1. The van der Waals surface area contributed by atoms with Crippen molar-refractivity contribution in [3.63, 3.8) is 0 Å². The van der Waals surface area contributed by atoms with Gasteiger partial charge in [-0.25, -0.2) is 4.39 Å². The second kappa shape index (κ2) is 8.01. The summed E-state index contributed by atoms with van der Waals surface area (Å²) in [6, 6.07) is 12.4. The molecule has 0 saturated carbocycles. The first kappa shape index (κ1) is 15.8. The van der Waals surface area contributed by atoms with Crippen molar-refractivity contribution in [1.29, 1.82) is 0 Å². The van der Waals surface area contributed by atoms with Gasteiger partial charge >= 0.3 is 0 Å². The zero-order valence-corrected chi connectivity index (χ0v) is 12.8. The molecule has 0 unspecified atom stereocenters. The minimum absolute atomic E-state index is 0.191. The Hall–Kier alpha value is -1.58. The third-order valence-electron chi connectivity index (χ3n) is 3.09. The van der Waals surface area contributed by atoms with Crippen LogP contribution in [0, 0.1) is 5.82 Å². The first-order valence-corrected chi connectivity index (χ1v) is 7.43. The summed E-state index contributed by atoms with van der Waals surface area (Å²) in [5, 5.41) is 3.73. The van der Waals surface area contributed by atoms with Gasteiger partial charge in [0.15, 0.2) is 0 Å². The third-order valence-corrected chi connectivity index (χ3v) is 3.32. The van der Waals surface area contributed by atoms with Gasteiger partial charge in [-0.1, -0.05) is 36.7 Å². The highest BCUT2D eigenvalue weighted by molar-refractivity contribution is 6.30. The van der Waals surface area contributed by atoms with E-state index >= 15 is 0 Å². The maximum atomic E-state index is 13.6. The SMILES string of the molecule is CCCNCc1ccc(OCc2ccc(Cl)cc2F)cc1. The predicted molar refractivity (Wildman–Crippen MR) is 84.2 cm³/mol. The van der Waals surface area contributed by atoms with Crippen LogP contribution in [0.1, 0.15) is 24.5 Å². The molecule has 1 N–H and O–H groups in total. The van der Waals surface area contributed by atoms with Crippen molar-refractivity contribution in [3.05, 3.63) is 64.4 Å². The Morgan fingerprint density at radius 3 is 2.57 bits per heavy atom. The average Bonchev–Trinajstić information content (AvgIpc) is 2.48. The summed E-state index contributed by atoms with van der Waals surface area (Å²) >= 11 is 5.72. The maximum Gasteiger partial charge on any atom is 0.131 e. The van der Waals surface area contributed by atoms with Gasteiger partial charge < -0.3 is 10.1 Å². The van der Waals surface area contributed by atoms with Gasteiger partial charge in [-0.2, -0.15) is 0 Å². The van der Waals surface area contributed by atoms with Gasteiger partial charge in [0.25, 0.3) is 0 Å². The van der Waals surface area contributed by atoms with Crippen molar-refractivity contribution < 1.29 is 9.13 Å². The average molecular weight is 308 g/mol. The molecule has 0 aromatic heterocycles. The highest BCUT2D eigenvalue weighted by Gasteiger charge is 2.04. The molecule has 0 radical (unpaired) electrons. The van der Waals surface area contributed by atoms with Crippen LogP contribution in [0.3, 0.4) is 0 Å². The Balaban J connectivity index is 1.88. The number of nitrogens with one attached hydrogen (secondary N) is 1. The monoisotopic (exact) mass is 307 g/mol. The van der Waals surface area contributed by atoms with Gasteiger partial charge in [-0.05, 0) is 42.8 Å². The first-order chi connectivity index (χ1) is 10.2. The van der Waals surface area contributed by atoms with E-state index in [-0.39, 0.29) is 12.4 Å². The molecule has 0 aliphatic heterocycles. The number of hydrogen-bond acceptors (Lipinski definition) is 2. The van der Waals surface area contributed by atoms with Gasteiger partial charge in [0.1, 0.15) is 18.2 Å². The van der Waals surface area contributed by atoms with Crippen LogP contribution in [0.4, 0.5) is 4.39 Å². The van der Waals surface area contributed by atoms with Gasteiger partial charge in [-0.3, -0.25) is 0 Å². The summed E-state index contributed by atoms with van der Waals surface area (Å²) in [5.74, 6) is 0.381. The molecule has 2 rings (SSSR count). The lowest BCUT2D eigenvalue weighted by Gasteiger charge is -2.09. The molecule has 4 heteroatoms. The standard InChI is InChI=1S/C17H19ClFNO/c1-2-9-20-11-13-3-7-16(8-4-13)21-12-14-5-6-15(18)10-17(14)19/h3-8,10,20H,2,9,11-12H2,1H3. The highest BCUT2D eigenvalue weighted by atomic mass is 35.5. The molecule has 0 spiro atoms. The van der Waals surface area contributed by atoms with E-state index in [0.717, 1.165) is 25.3 Å².